The molecule has 0 unspecified atom stereocenters. The van der Waals surface area contributed by atoms with E-state index in [1.807, 2.05) is 39.8 Å². The van der Waals surface area contributed by atoms with Crippen LogP contribution in [0.2, 0.25) is 0 Å². The zero-order valence-corrected chi connectivity index (χ0v) is 21.5. The van der Waals surface area contributed by atoms with Crippen LogP contribution in [0.1, 0.15) is 65.4 Å². The van der Waals surface area contributed by atoms with Crippen molar-refractivity contribution in [2.45, 2.75) is 95.2 Å². The van der Waals surface area contributed by atoms with Gasteiger partial charge in [0.1, 0.15) is 17.5 Å². The fourth-order valence-corrected chi connectivity index (χ4v) is 6.61. The third-order valence-electron chi connectivity index (χ3n) is 8.83. The molecule has 8 heteroatoms. The first kappa shape index (κ1) is 24.9. The number of nitrogens with one attached hydrogen (secondary N) is 2. The molecule has 1 aromatic carbocycles. The van der Waals surface area contributed by atoms with Gasteiger partial charge in [-0.15, -0.1) is 0 Å². The van der Waals surface area contributed by atoms with Crippen molar-refractivity contribution < 1.29 is 23.5 Å². The molecule has 3 aliphatic heterocycles. The Labute approximate surface area is 211 Å². The van der Waals surface area contributed by atoms with Gasteiger partial charge in [0, 0.05) is 18.1 Å². The summed E-state index contributed by atoms with van der Waals surface area (Å²) in [7, 11) is 0. The van der Waals surface area contributed by atoms with Crippen LogP contribution in [-0.4, -0.2) is 51.4 Å². The highest BCUT2D eigenvalue weighted by molar-refractivity contribution is 6.00. The van der Waals surface area contributed by atoms with E-state index in [1.54, 1.807) is 17.0 Å². The molecule has 3 fully saturated rings. The van der Waals surface area contributed by atoms with Crippen LogP contribution < -0.4 is 10.6 Å². The molecule has 1 spiro atoms. The average Bonchev–Trinajstić information content (AvgIpc) is 3.58. The normalized spacial score (nSPS) is 33.3. The van der Waals surface area contributed by atoms with Crippen molar-refractivity contribution in [3.8, 4) is 0 Å². The fourth-order valence-electron chi connectivity index (χ4n) is 6.61. The molecule has 36 heavy (non-hydrogen) atoms. The van der Waals surface area contributed by atoms with Gasteiger partial charge in [0.15, 0.2) is 0 Å². The summed E-state index contributed by atoms with van der Waals surface area (Å²) in [5.41, 5.74) is -2.04. The average molecular weight is 498 g/mol. The molecule has 1 aliphatic carbocycles. The molecule has 5 rings (SSSR count). The Morgan fingerprint density at radius 2 is 1.81 bits per heavy atom. The van der Waals surface area contributed by atoms with E-state index < -0.39 is 34.6 Å². The Kier molecular flexibility index (Phi) is 6.01. The summed E-state index contributed by atoms with van der Waals surface area (Å²) in [5.74, 6) is -2.66. The molecule has 3 amide bonds. The van der Waals surface area contributed by atoms with Gasteiger partial charge in [-0.2, -0.15) is 0 Å². The van der Waals surface area contributed by atoms with Crippen molar-refractivity contribution in [1.82, 2.24) is 15.5 Å². The molecule has 2 N–H and O–H groups in total. The van der Waals surface area contributed by atoms with E-state index >= 15 is 0 Å². The van der Waals surface area contributed by atoms with E-state index in [2.05, 4.69) is 10.6 Å². The molecule has 0 radical (unpaired) electrons. The highest BCUT2D eigenvalue weighted by Gasteiger charge is 2.77. The molecular weight excluding hydrogens is 461 g/mol. The largest absolute Gasteiger partial charge is 0.356 e. The summed E-state index contributed by atoms with van der Waals surface area (Å²) >= 11 is 0. The number of hydrogen-bond acceptors (Lipinski definition) is 4. The second-order valence-corrected chi connectivity index (χ2v) is 11.5. The predicted molar refractivity (Wildman–Crippen MR) is 132 cm³/mol. The van der Waals surface area contributed by atoms with E-state index in [1.165, 1.54) is 12.1 Å². The zero-order valence-electron chi connectivity index (χ0n) is 21.5. The number of amides is 3. The molecule has 3 heterocycles. The first-order valence-electron chi connectivity index (χ1n) is 13.1. The maximum absolute atomic E-state index is 14.1. The molecule has 7 nitrogen and oxygen atoms in total. The Morgan fingerprint density at radius 1 is 1.14 bits per heavy atom. The maximum Gasteiger partial charge on any atom is 0.246 e. The second-order valence-electron chi connectivity index (χ2n) is 11.5. The summed E-state index contributed by atoms with van der Waals surface area (Å²) < 4.78 is 19.8. The van der Waals surface area contributed by atoms with Crippen molar-refractivity contribution in [2.75, 3.05) is 0 Å². The zero-order chi connectivity index (χ0) is 25.9. The predicted octanol–water partition coefficient (Wildman–Crippen LogP) is 3.23. The molecule has 0 aromatic heterocycles. The highest BCUT2D eigenvalue weighted by atomic mass is 19.1. The number of carbonyl (C=O) groups is 3. The first-order valence-corrected chi connectivity index (χ1v) is 13.1. The van der Waals surface area contributed by atoms with Crippen molar-refractivity contribution in [2.24, 2.45) is 11.8 Å². The van der Waals surface area contributed by atoms with Gasteiger partial charge in [0.25, 0.3) is 0 Å². The summed E-state index contributed by atoms with van der Waals surface area (Å²) in [6, 6.07) is 5.18. The number of halogens is 1. The number of rotatable bonds is 7. The van der Waals surface area contributed by atoms with Gasteiger partial charge in [-0.25, -0.2) is 4.39 Å². The van der Waals surface area contributed by atoms with Crippen molar-refractivity contribution >= 4 is 17.7 Å². The Bertz CT molecular complexity index is 1100. The number of benzene rings is 1. The van der Waals surface area contributed by atoms with Crippen LogP contribution in [0.25, 0.3) is 0 Å². The minimum atomic E-state index is -1.20. The molecular formula is C28H36FN3O4. The topological polar surface area (TPSA) is 87.7 Å². The number of fused-ring (bicyclic) bond motifs is 1. The van der Waals surface area contributed by atoms with Gasteiger partial charge in [-0.1, -0.05) is 44.1 Å². The van der Waals surface area contributed by atoms with Gasteiger partial charge in [0.05, 0.1) is 17.4 Å². The van der Waals surface area contributed by atoms with Gasteiger partial charge in [-0.05, 0) is 57.7 Å². The van der Waals surface area contributed by atoms with Crippen LogP contribution in [0, 0.1) is 17.7 Å². The monoisotopic (exact) mass is 497 g/mol. The van der Waals surface area contributed by atoms with Crippen LogP contribution in [-0.2, 0) is 25.7 Å². The minimum Gasteiger partial charge on any atom is -0.356 e. The van der Waals surface area contributed by atoms with Crippen LogP contribution in [0.4, 0.5) is 4.39 Å². The summed E-state index contributed by atoms with van der Waals surface area (Å²) in [6.45, 7) is 7.93. The van der Waals surface area contributed by atoms with Crippen LogP contribution in [0.15, 0.2) is 36.4 Å². The van der Waals surface area contributed by atoms with Crippen molar-refractivity contribution in [3.05, 3.63) is 47.8 Å². The van der Waals surface area contributed by atoms with Crippen LogP contribution in [0.5, 0.6) is 0 Å². The standard InChI is InChI=1S/C28H36FN3O4/c1-5-26(2,3)32-22(24(34)31-19-8-6-7-9-19)28-15-14-27(4,36-28)20(21(28)25(32)35)23(33)30-16-17-10-12-18(29)13-11-17/h10-15,19-22H,5-9,16H2,1-4H3,(H,30,33)(H,31,34)/t20-,21+,22-,27-,28+/m1/s1. The molecule has 2 bridgehead atoms. The molecule has 1 aromatic rings. The first-order chi connectivity index (χ1) is 17.0. The van der Waals surface area contributed by atoms with E-state index in [4.69, 9.17) is 4.74 Å². The van der Waals surface area contributed by atoms with Crippen molar-refractivity contribution in [3.63, 3.8) is 0 Å². The third-order valence-corrected chi connectivity index (χ3v) is 8.83. The number of likely N-dealkylation sites (tertiary alicyclic amines) is 1. The third kappa shape index (κ3) is 3.76. The Hall–Kier alpha value is -2.74. The van der Waals surface area contributed by atoms with Crippen LogP contribution >= 0.6 is 0 Å². The quantitative estimate of drug-likeness (QED) is 0.567. The van der Waals surface area contributed by atoms with Gasteiger partial charge >= 0.3 is 0 Å². The van der Waals surface area contributed by atoms with Gasteiger partial charge in [0.2, 0.25) is 17.7 Å². The maximum atomic E-state index is 14.1. The van der Waals surface area contributed by atoms with E-state index in [0.717, 1.165) is 31.2 Å². The van der Waals surface area contributed by atoms with Crippen LogP contribution in [0.3, 0.4) is 0 Å². The smallest absolute Gasteiger partial charge is 0.246 e. The minimum absolute atomic E-state index is 0.0996. The number of carbonyl (C=O) groups excluding carboxylic acids is 3. The van der Waals surface area contributed by atoms with Gasteiger partial charge in [-0.3, -0.25) is 14.4 Å². The number of ether oxygens (including phenoxy) is 1. The van der Waals surface area contributed by atoms with Crippen molar-refractivity contribution in [1.29, 1.82) is 0 Å². The highest BCUT2D eigenvalue weighted by Crippen LogP contribution is 2.60. The van der Waals surface area contributed by atoms with Gasteiger partial charge < -0.3 is 20.3 Å². The lowest BCUT2D eigenvalue weighted by atomic mass is 9.70. The molecule has 194 valence electrons. The van der Waals surface area contributed by atoms with E-state index in [0.29, 0.717) is 6.42 Å². The van der Waals surface area contributed by atoms with E-state index in [9.17, 15) is 18.8 Å². The van der Waals surface area contributed by atoms with E-state index in [-0.39, 0.29) is 36.1 Å². The summed E-state index contributed by atoms with van der Waals surface area (Å²) in [6.07, 6.45) is 8.37. The summed E-state index contributed by atoms with van der Waals surface area (Å²) in [5, 5.41) is 6.11. The lowest BCUT2D eigenvalue weighted by Gasteiger charge is -2.42. The lowest BCUT2D eigenvalue weighted by molar-refractivity contribution is -0.151. The molecule has 4 aliphatic rings. The Balaban J connectivity index is 1.47. The molecule has 2 saturated heterocycles. The lowest BCUT2D eigenvalue weighted by Crippen LogP contribution is -2.60. The second kappa shape index (κ2) is 8.68. The Morgan fingerprint density at radius 3 is 2.44 bits per heavy atom. The fraction of sp³-hybridized carbons (Fsp3) is 0.607. The molecule has 5 atom stereocenters. The molecule has 1 saturated carbocycles. The SMILES string of the molecule is CCC(C)(C)N1C(=O)[C@@H]2[C@H](C(=O)NCc3ccc(F)cc3)[C@@]3(C)C=C[C@@]2(O3)[C@H]1C(=O)NC1CCCC1. The summed E-state index contributed by atoms with van der Waals surface area (Å²) in [4.78, 5) is 43.2. The number of nitrogens with zero attached hydrogens (tertiary/aromatic N) is 1. The number of hydrogen-bond donors (Lipinski definition) is 2.